The third-order valence-corrected chi connectivity index (χ3v) is 3.78. The zero-order valence-electron chi connectivity index (χ0n) is 12.1. The van der Waals surface area contributed by atoms with Crippen LogP contribution < -0.4 is 4.74 Å². The average Bonchev–Trinajstić information content (AvgIpc) is 2.90. The lowest BCUT2D eigenvalue weighted by molar-refractivity contribution is 0.0655. The van der Waals surface area contributed by atoms with Gasteiger partial charge < -0.3 is 14.3 Å². The lowest BCUT2D eigenvalue weighted by atomic mass is 10.0. The number of ether oxygens (including phenoxy) is 1. The lowest BCUT2D eigenvalue weighted by Crippen LogP contribution is -2.03. The molecule has 0 radical (unpaired) electrons. The first kappa shape index (κ1) is 15.6. The molecule has 5 heteroatoms. The lowest BCUT2D eigenvalue weighted by Gasteiger charge is -2.15. The van der Waals surface area contributed by atoms with Crippen LogP contribution in [-0.4, -0.2) is 11.1 Å². The number of furan rings is 1. The highest BCUT2D eigenvalue weighted by Gasteiger charge is 2.16. The van der Waals surface area contributed by atoms with Crippen molar-refractivity contribution in [2.75, 3.05) is 0 Å². The second kappa shape index (κ2) is 6.35. The first-order valence-corrected chi connectivity index (χ1v) is 7.47. The maximum Gasteiger partial charge on any atom is 0.371 e. The van der Waals surface area contributed by atoms with Gasteiger partial charge in [0.1, 0.15) is 11.5 Å². The van der Waals surface area contributed by atoms with Crippen LogP contribution in [0, 0.1) is 0 Å². The molecule has 4 nitrogen and oxygen atoms in total. The monoisotopic (exact) mass is 352 g/mol. The van der Waals surface area contributed by atoms with Crippen LogP contribution in [0.15, 0.2) is 39.2 Å². The van der Waals surface area contributed by atoms with Crippen LogP contribution in [0.3, 0.4) is 0 Å². The van der Waals surface area contributed by atoms with E-state index in [0.29, 0.717) is 17.4 Å². The molecular formula is C16H17BrO4. The Balaban J connectivity index is 2.15. The van der Waals surface area contributed by atoms with Gasteiger partial charge in [0, 0.05) is 0 Å². The smallest absolute Gasteiger partial charge is 0.371 e. The Labute approximate surface area is 131 Å². The molecule has 0 aliphatic rings. The van der Waals surface area contributed by atoms with Gasteiger partial charge in [0.15, 0.2) is 6.10 Å². The van der Waals surface area contributed by atoms with Crippen LogP contribution in [0.1, 0.15) is 54.7 Å². The molecule has 0 fully saturated rings. The van der Waals surface area contributed by atoms with Crippen molar-refractivity contribution in [3.8, 4) is 5.75 Å². The highest BCUT2D eigenvalue weighted by molar-refractivity contribution is 9.10. The normalized spacial score (nSPS) is 12.4. The van der Waals surface area contributed by atoms with Crippen molar-refractivity contribution in [3.63, 3.8) is 0 Å². The van der Waals surface area contributed by atoms with Gasteiger partial charge in [0.05, 0.1) is 4.47 Å². The maximum atomic E-state index is 10.8. The number of aromatic carboxylic acids is 1. The van der Waals surface area contributed by atoms with Gasteiger partial charge in [-0.1, -0.05) is 19.9 Å². The molecule has 1 N–H and O–H groups in total. The van der Waals surface area contributed by atoms with Crippen LogP contribution in [0.25, 0.3) is 0 Å². The Morgan fingerprint density at radius 1 is 1.24 bits per heavy atom. The van der Waals surface area contributed by atoms with Gasteiger partial charge in [-0.25, -0.2) is 4.79 Å². The number of carboxylic acid groups (broad SMARTS) is 1. The molecule has 2 rings (SSSR count). The van der Waals surface area contributed by atoms with Crippen LogP contribution >= 0.6 is 15.9 Å². The Kier molecular flexibility index (Phi) is 4.73. The second-order valence-electron chi connectivity index (χ2n) is 5.11. The van der Waals surface area contributed by atoms with E-state index < -0.39 is 5.97 Å². The molecule has 2 aromatic rings. The third kappa shape index (κ3) is 3.67. The molecule has 1 unspecified atom stereocenters. The summed E-state index contributed by atoms with van der Waals surface area (Å²) in [6, 6.07) is 8.98. The molecule has 21 heavy (non-hydrogen) atoms. The summed E-state index contributed by atoms with van der Waals surface area (Å²) in [6.07, 6.45) is -0.376. The molecular weight excluding hydrogens is 336 g/mol. The van der Waals surface area contributed by atoms with E-state index in [2.05, 4.69) is 29.8 Å². The minimum atomic E-state index is -1.09. The molecule has 0 bridgehead atoms. The second-order valence-corrected chi connectivity index (χ2v) is 5.97. The fourth-order valence-corrected chi connectivity index (χ4v) is 2.40. The first-order chi connectivity index (χ1) is 9.88. The minimum Gasteiger partial charge on any atom is -0.482 e. The van der Waals surface area contributed by atoms with E-state index in [9.17, 15) is 4.79 Å². The van der Waals surface area contributed by atoms with Gasteiger partial charge in [-0.15, -0.1) is 0 Å². The van der Waals surface area contributed by atoms with Gasteiger partial charge in [0.2, 0.25) is 5.76 Å². The van der Waals surface area contributed by atoms with Gasteiger partial charge >= 0.3 is 5.97 Å². The largest absolute Gasteiger partial charge is 0.482 e. The summed E-state index contributed by atoms with van der Waals surface area (Å²) in [5, 5.41) is 8.85. The highest BCUT2D eigenvalue weighted by Crippen LogP contribution is 2.32. The summed E-state index contributed by atoms with van der Waals surface area (Å²) in [5.74, 6) is 0.439. The predicted octanol–water partition coefficient (Wildman–Crippen LogP) is 5.00. The van der Waals surface area contributed by atoms with Crippen molar-refractivity contribution in [2.45, 2.75) is 32.8 Å². The number of carboxylic acids is 1. The Bertz CT molecular complexity index is 645. The fraction of sp³-hybridized carbons (Fsp3) is 0.312. The highest BCUT2D eigenvalue weighted by atomic mass is 79.9. The van der Waals surface area contributed by atoms with Gasteiger partial charge in [-0.3, -0.25) is 0 Å². The molecule has 0 aliphatic heterocycles. The van der Waals surface area contributed by atoms with E-state index in [1.54, 1.807) is 6.07 Å². The Morgan fingerprint density at radius 3 is 2.48 bits per heavy atom. The molecule has 1 aromatic carbocycles. The van der Waals surface area contributed by atoms with Crippen molar-refractivity contribution >= 4 is 21.9 Å². The molecule has 112 valence electrons. The fourth-order valence-electron chi connectivity index (χ4n) is 1.91. The standard InChI is InChI=1S/C16H17BrO4/c1-9(2)11-4-5-14(12(17)8-11)20-10(3)13-6-7-15(21-13)16(18)19/h4-10H,1-3H3,(H,18,19). The Hall–Kier alpha value is -1.75. The van der Waals surface area contributed by atoms with Crippen molar-refractivity contribution in [3.05, 3.63) is 51.9 Å². The van der Waals surface area contributed by atoms with Gasteiger partial charge in [-0.2, -0.15) is 0 Å². The maximum absolute atomic E-state index is 10.8. The summed E-state index contributed by atoms with van der Waals surface area (Å²) in [5.41, 5.74) is 1.22. The number of carbonyl (C=O) groups is 1. The van der Waals surface area contributed by atoms with Gasteiger partial charge in [0.25, 0.3) is 0 Å². The summed E-state index contributed by atoms with van der Waals surface area (Å²) < 4.78 is 11.9. The predicted molar refractivity (Wildman–Crippen MR) is 82.9 cm³/mol. The minimum absolute atomic E-state index is 0.0883. The van der Waals surface area contributed by atoms with Crippen LogP contribution in [0.2, 0.25) is 0 Å². The zero-order chi connectivity index (χ0) is 15.6. The molecule has 1 atom stereocenters. The number of rotatable bonds is 5. The quantitative estimate of drug-likeness (QED) is 0.821. The van der Waals surface area contributed by atoms with Crippen LogP contribution in [0.5, 0.6) is 5.75 Å². The molecule has 0 saturated carbocycles. The van der Waals surface area contributed by atoms with Crippen LogP contribution in [-0.2, 0) is 0 Å². The summed E-state index contributed by atoms with van der Waals surface area (Å²) in [6.45, 7) is 6.07. The number of hydrogen-bond acceptors (Lipinski definition) is 3. The summed E-state index contributed by atoms with van der Waals surface area (Å²) in [4.78, 5) is 10.8. The molecule has 0 amide bonds. The van der Waals surface area contributed by atoms with E-state index in [-0.39, 0.29) is 11.9 Å². The van der Waals surface area contributed by atoms with E-state index in [1.807, 2.05) is 25.1 Å². The molecule has 0 aliphatic carbocycles. The molecule has 0 spiro atoms. The zero-order valence-corrected chi connectivity index (χ0v) is 13.7. The van der Waals surface area contributed by atoms with Crippen molar-refractivity contribution in [1.82, 2.24) is 0 Å². The number of halogens is 1. The Morgan fingerprint density at radius 2 is 1.95 bits per heavy atom. The first-order valence-electron chi connectivity index (χ1n) is 6.67. The van der Waals surface area contributed by atoms with Crippen LogP contribution in [0.4, 0.5) is 0 Å². The average molecular weight is 353 g/mol. The summed E-state index contributed by atoms with van der Waals surface area (Å²) in [7, 11) is 0. The van der Waals surface area contributed by atoms with E-state index in [1.165, 1.54) is 11.6 Å². The topological polar surface area (TPSA) is 59.7 Å². The van der Waals surface area contributed by atoms with Crippen molar-refractivity contribution in [1.29, 1.82) is 0 Å². The van der Waals surface area contributed by atoms with Gasteiger partial charge in [-0.05, 0) is 58.6 Å². The third-order valence-electron chi connectivity index (χ3n) is 3.16. The molecule has 1 aromatic heterocycles. The number of hydrogen-bond donors (Lipinski definition) is 1. The van der Waals surface area contributed by atoms with E-state index in [4.69, 9.17) is 14.3 Å². The van der Waals surface area contributed by atoms with Crippen molar-refractivity contribution < 1.29 is 19.1 Å². The van der Waals surface area contributed by atoms with E-state index in [0.717, 1.165) is 4.47 Å². The van der Waals surface area contributed by atoms with E-state index >= 15 is 0 Å². The number of benzene rings is 1. The molecule has 1 heterocycles. The summed E-state index contributed by atoms with van der Waals surface area (Å²) >= 11 is 3.50. The van der Waals surface area contributed by atoms with Crippen molar-refractivity contribution in [2.24, 2.45) is 0 Å². The SMILES string of the molecule is CC(C)c1ccc(OC(C)c2ccc(C(=O)O)o2)c(Br)c1. The molecule has 0 saturated heterocycles.